The first-order valence-electron chi connectivity index (χ1n) is 0. The predicted octanol–water partition coefficient (Wildman–Crippen LogP) is -2.48. The molecule has 4 heavy (non-hydrogen) atoms. The molecule has 0 heterocycles. The normalized spacial score (nSPS) is 0. The van der Waals surface area contributed by atoms with E-state index in [4.69, 9.17) is 0 Å². The van der Waals surface area contributed by atoms with Crippen LogP contribution in [0.15, 0.2) is 0 Å². The van der Waals surface area contributed by atoms with E-state index >= 15 is 0 Å². The molecule has 0 aliphatic rings. The topological polar surface area (TPSA) is 94.5 Å². The Bertz CT molecular complexity index is 3.25. The van der Waals surface area contributed by atoms with Crippen molar-refractivity contribution in [2.45, 2.75) is 0 Å². The van der Waals surface area contributed by atoms with E-state index in [0.29, 0.717) is 0 Å². The molecule has 0 aromatic rings. The molecule has 0 rings (SSSR count). The maximum absolute atomic E-state index is 0. The summed E-state index contributed by atoms with van der Waals surface area (Å²) in [6.45, 7) is 0. The van der Waals surface area contributed by atoms with Crippen LogP contribution in [0.1, 0.15) is 0 Å². The first-order chi connectivity index (χ1) is 0. The van der Waals surface area contributed by atoms with Gasteiger partial charge in [-0.25, -0.2) is 0 Å². The van der Waals surface area contributed by atoms with Gasteiger partial charge in [0.1, 0.15) is 0 Å². The van der Waals surface area contributed by atoms with E-state index < -0.39 is 0 Å². The molecule has 0 aromatic heterocycles. The van der Waals surface area contributed by atoms with Crippen LogP contribution in [0.4, 0.5) is 0 Å². The molecule has 0 aromatic carbocycles. The molecule has 0 saturated heterocycles. The van der Waals surface area contributed by atoms with Crippen LogP contribution in [0.3, 0.4) is 0 Å². The molecule has 0 saturated carbocycles. The van der Waals surface area contributed by atoms with Crippen LogP contribution < -0.4 is 0 Å². The third-order valence-electron chi connectivity index (χ3n) is 0. The fourth-order valence-electron chi connectivity index (χ4n) is 0. The van der Waals surface area contributed by atoms with Crippen molar-refractivity contribution in [3.63, 3.8) is 0 Å². The summed E-state index contributed by atoms with van der Waals surface area (Å²) in [7, 11) is 0. The molecule has 0 spiro atoms. The third kappa shape index (κ3) is 21.1. The van der Waals surface area contributed by atoms with Crippen molar-refractivity contribution >= 4 is 0 Å². The van der Waals surface area contributed by atoms with Gasteiger partial charge < -0.3 is 16.4 Å². The number of hydrogen-bond donors (Lipinski definition) is 0. The molecule has 0 aliphatic carbocycles. The Balaban J connectivity index is 0. The van der Waals surface area contributed by atoms with Crippen molar-refractivity contribution in [2.75, 3.05) is 0 Å². The van der Waals surface area contributed by atoms with Crippen molar-refractivity contribution in [2.24, 2.45) is 0 Å². The second-order valence-corrected chi connectivity index (χ2v) is 0. The summed E-state index contributed by atoms with van der Waals surface area (Å²) in [6.07, 6.45) is 0. The molecule has 0 fully saturated rings. The van der Waals surface area contributed by atoms with Gasteiger partial charge in [-0.1, -0.05) is 0 Å². The summed E-state index contributed by atoms with van der Waals surface area (Å²) in [5.41, 5.74) is 0. The van der Waals surface area contributed by atoms with Gasteiger partial charge >= 0.3 is 0 Å². The van der Waals surface area contributed by atoms with Gasteiger partial charge in [0.05, 0.1) is 0 Å². The van der Waals surface area contributed by atoms with Gasteiger partial charge in [-0.3, -0.25) is 0 Å². The average Bonchev–Trinajstić information content (AvgIpc) is 0. The van der Waals surface area contributed by atoms with E-state index in [-0.39, 0.29) is 36.5 Å². The average molecular weight is 246 g/mol. The molecular weight excluding hydrogens is 240 g/mol. The van der Waals surface area contributed by atoms with Gasteiger partial charge in [0, 0.05) is 20.1 Å². The largest absolute Gasteiger partial charge is 0.412 e. The molecule has 4 heteroatoms. The maximum Gasteiger partial charge on any atom is 0 e. The minimum atomic E-state index is 0. The van der Waals surface area contributed by atoms with Crippen LogP contribution >= 0.6 is 0 Å². The standard InChI is InChI=1S/Ir.3H2O/h;3*1H2. The zero-order valence-electron chi connectivity index (χ0n) is 1.83. The quantitative estimate of drug-likeness (QED) is 0.452. The minimum Gasteiger partial charge on any atom is -0.412 e. The fraction of sp³-hybridized carbons (Fsp3) is 0. The van der Waals surface area contributed by atoms with Crippen molar-refractivity contribution in [3.8, 4) is 0 Å². The zero-order valence-corrected chi connectivity index (χ0v) is 4.23. The van der Waals surface area contributed by atoms with Crippen molar-refractivity contribution in [1.82, 2.24) is 0 Å². The Morgan fingerprint density at radius 3 is 0.500 bits per heavy atom. The van der Waals surface area contributed by atoms with Crippen molar-refractivity contribution in [1.29, 1.82) is 0 Å². The Labute approximate surface area is 37.3 Å². The van der Waals surface area contributed by atoms with Gasteiger partial charge in [0.15, 0.2) is 0 Å². The summed E-state index contributed by atoms with van der Waals surface area (Å²) < 4.78 is 0. The first-order valence-corrected chi connectivity index (χ1v) is 0. The van der Waals surface area contributed by atoms with Crippen molar-refractivity contribution in [3.05, 3.63) is 0 Å². The zero-order chi connectivity index (χ0) is 0. The van der Waals surface area contributed by atoms with Crippen LogP contribution in [-0.4, -0.2) is 16.4 Å². The van der Waals surface area contributed by atoms with Gasteiger partial charge in [-0.15, -0.1) is 0 Å². The minimum absolute atomic E-state index is 0. The van der Waals surface area contributed by atoms with E-state index in [2.05, 4.69) is 0 Å². The summed E-state index contributed by atoms with van der Waals surface area (Å²) in [6, 6.07) is 0. The summed E-state index contributed by atoms with van der Waals surface area (Å²) in [5, 5.41) is 0. The monoisotopic (exact) mass is 247 g/mol. The molecular formula is H6IrO3. The van der Waals surface area contributed by atoms with E-state index in [1.165, 1.54) is 0 Å². The first kappa shape index (κ1) is 201. The SMILES string of the molecule is O.O.O.[Ir]. The molecule has 0 atom stereocenters. The Morgan fingerprint density at radius 1 is 0.500 bits per heavy atom. The van der Waals surface area contributed by atoms with Gasteiger partial charge in [0.25, 0.3) is 0 Å². The summed E-state index contributed by atoms with van der Waals surface area (Å²) in [4.78, 5) is 0. The van der Waals surface area contributed by atoms with E-state index in [1.807, 2.05) is 0 Å². The van der Waals surface area contributed by atoms with Crippen LogP contribution in [0.2, 0.25) is 0 Å². The molecule has 0 bridgehead atoms. The van der Waals surface area contributed by atoms with Gasteiger partial charge in [0.2, 0.25) is 0 Å². The van der Waals surface area contributed by atoms with Gasteiger partial charge in [-0.05, 0) is 0 Å². The molecule has 6 N–H and O–H groups in total. The van der Waals surface area contributed by atoms with E-state index in [9.17, 15) is 0 Å². The number of hydrogen-bond acceptors (Lipinski definition) is 0. The second-order valence-electron chi connectivity index (χ2n) is 0. The third-order valence-corrected chi connectivity index (χ3v) is 0. The van der Waals surface area contributed by atoms with Crippen LogP contribution in [0, 0.1) is 0 Å². The molecule has 0 unspecified atom stereocenters. The van der Waals surface area contributed by atoms with E-state index in [1.54, 1.807) is 0 Å². The molecule has 0 amide bonds. The van der Waals surface area contributed by atoms with E-state index in [0.717, 1.165) is 0 Å². The summed E-state index contributed by atoms with van der Waals surface area (Å²) in [5.74, 6) is 0. The fourth-order valence-corrected chi connectivity index (χ4v) is 0. The van der Waals surface area contributed by atoms with Crippen molar-refractivity contribution < 1.29 is 36.5 Å². The molecule has 3 nitrogen and oxygen atoms in total. The second kappa shape index (κ2) is 80.6. The molecule has 1 radical (unpaired) electrons. The molecule has 33 valence electrons. The van der Waals surface area contributed by atoms with Crippen LogP contribution in [0.25, 0.3) is 0 Å². The summed E-state index contributed by atoms with van der Waals surface area (Å²) >= 11 is 0. The Kier molecular flexibility index (Phi) is 4060. The van der Waals surface area contributed by atoms with Gasteiger partial charge in [-0.2, -0.15) is 0 Å². The smallest absolute Gasteiger partial charge is 0 e. The van der Waals surface area contributed by atoms with Crippen LogP contribution in [-0.2, 0) is 20.1 Å². The predicted molar refractivity (Wildman–Crippen MR) is 10.8 cm³/mol. The molecule has 0 aliphatic heterocycles. The van der Waals surface area contributed by atoms with Crippen LogP contribution in [0.5, 0.6) is 0 Å². The Hall–Kier alpha value is 0.529. The Morgan fingerprint density at radius 2 is 0.500 bits per heavy atom. The number of rotatable bonds is 0. The maximum atomic E-state index is 0.